The molecule has 25 heavy (non-hydrogen) atoms. The molecule has 0 saturated carbocycles. The predicted octanol–water partition coefficient (Wildman–Crippen LogP) is 3.61. The van der Waals surface area contributed by atoms with Gasteiger partial charge in [0.25, 0.3) is 5.56 Å². The molecule has 0 radical (unpaired) electrons. The van der Waals surface area contributed by atoms with Gasteiger partial charge in [0.15, 0.2) is 0 Å². The molecule has 0 amide bonds. The maximum Gasteiger partial charge on any atom is 0.269 e. The van der Waals surface area contributed by atoms with Crippen molar-refractivity contribution in [2.75, 3.05) is 7.05 Å². The molecule has 1 heterocycles. The molecule has 2 aromatic rings. The van der Waals surface area contributed by atoms with Crippen LogP contribution in [0.1, 0.15) is 12.5 Å². The fourth-order valence-electron chi connectivity index (χ4n) is 2.44. The second-order valence-corrected chi connectivity index (χ2v) is 5.48. The molecule has 0 aliphatic carbocycles. The van der Waals surface area contributed by atoms with Crippen LogP contribution in [0.25, 0.3) is 17.0 Å². The minimum Gasteiger partial charge on any atom is -0.398 e. The lowest BCUT2D eigenvalue weighted by molar-refractivity contribution is 0.545. The number of nitrogens with two attached hydrogens (primary N) is 1. The number of pyridine rings is 1. The monoisotopic (exact) mass is 369 g/mol. The van der Waals surface area contributed by atoms with Crippen molar-refractivity contribution in [1.29, 1.82) is 0 Å². The summed E-state index contributed by atoms with van der Waals surface area (Å²) in [4.78, 5) is 16.0. The van der Waals surface area contributed by atoms with E-state index in [1.165, 1.54) is 25.4 Å². The number of aliphatic imine (C=N–C) groups is 1. The molecule has 0 unspecified atom stereocenters. The van der Waals surface area contributed by atoms with Gasteiger partial charge in [-0.2, -0.15) is 0 Å². The molecule has 1 aromatic heterocycles. The minimum absolute atomic E-state index is 0.0765. The van der Waals surface area contributed by atoms with Gasteiger partial charge in [-0.3, -0.25) is 9.79 Å². The summed E-state index contributed by atoms with van der Waals surface area (Å²) in [5.41, 5.74) is 4.88. The first-order valence-electron chi connectivity index (χ1n) is 7.28. The third-order valence-electron chi connectivity index (χ3n) is 3.52. The highest BCUT2D eigenvalue weighted by Crippen LogP contribution is 2.32. The summed E-state index contributed by atoms with van der Waals surface area (Å²) in [6, 6.07) is 2.30. The van der Waals surface area contributed by atoms with E-state index >= 15 is 0 Å². The molecule has 0 atom stereocenters. The van der Waals surface area contributed by atoms with E-state index in [2.05, 4.69) is 4.99 Å². The Hall–Kier alpha value is -2.54. The van der Waals surface area contributed by atoms with E-state index in [1.54, 1.807) is 6.92 Å². The van der Waals surface area contributed by atoms with E-state index in [9.17, 15) is 18.0 Å². The summed E-state index contributed by atoms with van der Waals surface area (Å²) < 4.78 is 43.0. The van der Waals surface area contributed by atoms with E-state index in [0.29, 0.717) is 12.1 Å². The van der Waals surface area contributed by atoms with Crippen molar-refractivity contribution in [3.05, 3.63) is 62.7 Å². The molecule has 1 aromatic carbocycles. The number of rotatable bonds is 4. The summed E-state index contributed by atoms with van der Waals surface area (Å²) in [6.07, 6.45) is 2.78. The molecular formula is C17H15ClF3N3O. The number of hydrogen-bond acceptors (Lipinski definition) is 3. The quantitative estimate of drug-likeness (QED) is 0.837. The van der Waals surface area contributed by atoms with E-state index in [1.807, 2.05) is 0 Å². The molecule has 0 bridgehead atoms. The molecule has 4 nitrogen and oxygen atoms in total. The number of allylic oxidation sites excluding steroid dienone is 1. The average Bonchev–Trinajstić information content (AvgIpc) is 2.54. The van der Waals surface area contributed by atoms with Crippen molar-refractivity contribution < 1.29 is 13.2 Å². The molecule has 0 aliphatic rings. The molecule has 132 valence electrons. The zero-order valence-corrected chi connectivity index (χ0v) is 14.2. The maximum atomic E-state index is 14.3. The fraction of sp³-hybridized carbons (Fsp3) is 0.176. The number of nitrogens with zero attached hydrogens (tertiary/aromatic N) is 2. The molecule has 0 spiro atoms. The van der Waals surface area contributed by atoms with E-state index in [-0.39, 0.29) is 28.5 Å². The largest absolute Gasteiger partial charge is 0.398 e. The van der Waals surface area contributed by atoms with Crippen LogP contribution in [-0.4, -0.2) is 17.8 Å². The summed E-state index contributed by atoms with van der Waals surface area (Å²) in [6.45, 7) is 1.69. The molecule has 2 rings (SSSR count). The first-order chi connectivity index (χ1) is 11.8. The van der Waals surface area contributed by atoms with Crippen LogP contribution in [0.4, 0.5) is 13.2 Å². The van der Waals surface area contributed by atoms with Crippen LogP contribution in [0.5, 0.6) is 0 Å². The molecule has 0 fully saturated rings. The Morgan fingerprint density at radius 1 is 1.28 bits per heavy atom. The Labute approximate surface area is 147 Å². The third kappa shape index (κ3) is 3.61. The van der Waals surface area contributed by atoms with Crippen molar-refractivity contribution in [3.63, 3.8) is 0 Å². The van der Waals surface area contributed by atoms with Crippen LogP contribution in [0, 0.1) is 17.5 Å². The Morgan fingerprint density at radius 2 is 1.88 bits per heavy atom. The average molecular weight is 370 g/mol. The van der Waals surface area contributed by atoms with Crippen LogP contribution < -0.4 is 11.3 Å². The van der Waals surface area contributed by atoms with Crippen molar-refractivity contribution >= 4 is 23.5 Å². The molecule has 0 aliphatic heterocycles. The highest BCUT2D eigenvalue weighted by Gasteiger charge is 2.23. The number of hydrogen-bond donors (Lipinski definition) is 1. The van der Waals surface area contributed by atoms with E-state index < -0.39 is 28.6 Å². The summed E-state index contributed by atoms with van der Waals surface area (Å²) in [5.74, 6) is -3.37. The van der Waals surface area contributed by atoms with Crippen LogP contribution >= 0.6 is 11.6 Å². The standard InChI is InChI=1S/C17H15ClF3N3O/c1-3-24-16(15-12(20)6-9(19)7-13(15)21)10(8-11(18)17(24)25)14(22)4-5-23-2/h4-8H,3,22H2,1-2H3. The van der Waals surface area contributed by atoms with Gasteiger partial charge in [-0.1, -0.05) is 11.6 Å². The van der Waals surface area contributed by atoms with Gasteiger partial charge in [-0.05, 0) is 19.1 Å². The smallest absolute Gasteiger partial charge is 0.269 e. The maximum absolute atomic E-state index is 14.3. The summed E-state index contributed by atoms with van der Waals surface area (Å²) in [7, 11) is 1.52. The minimum atomic E-state index is -1.15. The normalized spacial score (nSPS) is 12.2. The van der Waals surface area contributed by atoms with Gasteiger partial charge in [-0.15, -0.1) is 0 Å². The first kappa shape index (κ1) is 18.8. The zero-order chi connectivity index (χ0) is 18.7. The van der Waals surface area contributed by atoms with Crippen LogP contribution in [0.3, 0.4) is 0 Å². The van der Waals surface area contributed by atoms with Crippen LogP contribution in [0.15, 0.2) is 34.1 Å². The van der Waals surface area contributed by atoms with Crippen molar-refractivity contribution in [2.45, 2.75) is 13.5 Å². The van der Waals surface area contributed by atoms with Gasteiger partial charge in [0.2, 0.25) is 0 Å². The van der Waals surface area contributed by atoms with Crippen molar-refractivity contribution in [2.24, 2.45) is 10.7 Å². The fourth-order valence-corrected chi connectivity index (χ4v) is 2.65. The van der Waals surface area contributed by atoms with Crippen LogP contribution in [0.2, 0.25) is 5.02 Å². The Bertz CT molecular complexity index is 912. The first-order valence-corrected chi connectivity index (χ1v) is 7.66. The van der Waals surface area contributed by atoms with Gasteiger partial charge in [0, 0.05) is 43.2 Å². The van der Waals surface area contributed by atoms with Gasteiger partial charge in [0.05, 0.1) is 11.3 Å². The Morgan fingerprint density at radius 3 is 2.40 bits per heavy atom. The van der Waals surface area contributed by atoms with Gasteiger partial charge in [0.1, 0.15) is 22.5 Å². The SMILES string of the molecule is CCn1c(-c2c(F)cc(F)cc2F)c(C(N)=CC=NC)cc(Cl)c1=O. The number of halogens is 4. The molecule has 2 N–H and O–H groups in total. The molecule has 8 heteroatoms. The van der Waals surface area contributed by atoms with Gasteiger partial charge < -0.3 is 10.3 Å². The summed E-state index contributed by atoms with van der Waals surface area (Å²) >= 11 is 5.94. The second-order valence-electron chi connectivity index (χ2n) is 5.08. The zero-order valence-electron chi connectivity index (χ0n) is 13.5. The number of aromatic nitrogens is 1. The predicted molar refractivity (Wildman–Crippen MR) is 93.3 cm³/mol. The highest BCUT2D eigenvalue weighted by molar-refractivity contribution is 6.30. The van der Waals surface area contributed by atoms with Crippen molar-refractivity contribution in [3.8, 4) is 11.3 Å². The summed E-state index contributed by atoms with van der Waals surface area (Å²) in [5, 5.41) is -0.159. The number of benzene rings is 1. The second kappa shape index (κ2) is 7.57. The van der Waals surface area contributed by atoms with Crippen molar-refractivity contribution in [1.82, 2.24) is 4.57 Å². The lowest BCUT2D eigenvalue weighted by atomic mass is 10.0. The topological polar surface area (TPSA) is 60.4 Å². The molecular weight excluding hydrogens is 355 g/mol. The van der Waals surface area contributed by atoms with Gasteiger partial charge in [-0.25, -0.2) is 13.2 Å². The molecule has 0 saturated heterocycles. The lowest BCUT2D eigenvalue weighted by Gasteiger charge is -2.18. The van der Waals surface area contributed by atoms with Gasteiger partial charge >= 0.3 is 0 Å². The lowest BCUT2D eigenvalue weighted by Crippen LogP contribution is -2.24. The Balaban J connectivity index is 2.98. The van der Waals surface area contributed by atoms with E-state index in [0.717, 1.165) is 4.57 Å². The van der Waals surface area contributed by atoms with E-state index in [4.69, 9.17) is 17.3 Å². The van der Waals surface area contributed by atoms with Crippen LogP contribution in [-0.2, 0) is 6.54 Å². The Kier molecular flexibility index (Phi) is 5.69. The highest BCUT2D eigenvalue weighted by atomic mass is 35.5. The third-order valence-corrected chi connectivity index (χ3v) is 3.79.